The van der Waals surface area contributed by atoms with Crippen LogP contribution < -0.4 is 10.1 Å². The maximum absolute atomic E-state index is 13.3. The molecule has 0 heterocycles. The van der Waals surface area contributed by atoms with Crippen molar-refractivity contribution in [1.29, 1.82) is 0 Å². The molecule has 2 rings (SSSR count). The number of benzene rings is 2. The zero-order chi connectivity index (χ0) is 15.4. The maximum Gasteiger partial charge on any atom is 0.123 e. The van der Waals surface area contributed by atoms with Crippen LogP contribution >= 0.6 is 15.9 Å². The van der Waals surface area contributed by atoms with Crippen LogP contribution in [-0.2, 0) is 6.42 Å². The second kappa shape index (κ2) is 7.05. The summed E-state index contributed by atoms with van der Waals surface area (Å²) in [6.07, 6.45) is 0.792. The van der Waals surface area contributed by atoms with Gasteiger partial charge in [-0.1, -0.05) is 22.0 Å². The summed E-state index contributed by atoms with van der Waals surface area (Å²) in [7, 11) is 3.58. The SMILES string of the molecule is CNC(Cc1cc(OC)ccc1Br)c1ccc(F)cc1C. The van der Waals surface area contributed by atoms with Gasteiger partial charge in [0.05, 0.1) is 7.11 Å². The number of aryl methyl sites for hydroxylation is 1. The average Bonchev–Trinajstić information content (AvgIpc) is 2.47. The van der Waals surface area contributed by atoms with E-state index in [1.54, 1.807) is 13.2 Å². The van der Waals surface area contributed by atoms with E-state index in [-0.39, 0.29) is 11.9 Å². The number of hydrogen-bond donors (Lipinski definition) is 1. The Kier molecular flexibility index (Phi) is 5.37. The Morgan fingerprint density at radius 3 is 2.62 bits per heavy atom. The lowest BCUT2D eigenvalue weighted by Gasteiger charge is -2.20. The van der Waals surface area contributed by atoms with Gasteiger partial charge < -0.3 is 10.1 Å². The van der Waals surface area contributed by atoms with E-state index in [2.05, 4.69) is 21.2 Å². The largest absolute Gasteiger partial charge is 0.497 e. The number of halogens is 2. The molecule has 2 nitrogen and oxygen atoms in total. The molecule has 21 heavy (non-hydrogen) atoms. The Morgan fingerprint density at radius 1 is 1.24 bits per heavy atom. The first kappa shape index (κ1) is 16.0. The Labute approximate surface area is 133 Å². The first-order valence-electron chi connectivity index (χ1n) is 6.81. The molecule has 1 N–H and O–H groups in total. The zero-order valence-electron chi connectivity index (χ0n) is 12.4. The predicted octanol–water partition coefficient (Wildman–Crippen LogP) is 4.41. The molecule has 2 aromatic carbocycles. The van der Waals surface area contributed by atoms with Gasteiger partial charge in [-0.2, -0.15) is 0 Å². The molecule has 112 valence electrons. The molecular formula is C17H19BrFNO. The summed E-state index contributed by atoms with van der Waals surface area (Å²) >= 11 is 3.58. The van der Waals surface area contributed by atoms with Gasteiger partial charge in [-0.15, -0.1) is 0 Å². The van der Waals surface area contributed by atoms with Crippen molar-refractivity contribution in [2.45, 2.75) is 19.4 Å². The summed E-state index contributed by atoms with van der Waals surface area (Å²) in [5.74, 6) is 0.632. The van der Waals surface area contributed by atoms with Gasteiger partial charge in [0, 0.05) is 10.5 Å². The van der Waals surface area contributed by atoms with Crippen LogP contribution in [0.4, 0.5) is 4.39 Å². The normalized spacial score (nSPS) is 12.2. The maximum atomic E-state index is 13.3. The van der Waals surface area contributed by atoms with E-state index in [4.69, 9.17) is 4.74 Å². The Bertz CT molecular complexity index is 630. The van der Waals surface area contributed by atoms with Gasteiger partial charge >= 0.3 is 0 Å². The van der Waals surface area contributed by atoms with Crippen molar-refractivity contribution >= 4 is 15.9 Å². The third-order valence-corrected chi connectivity index (χ3v) is 4.41. The smallest absolute Gasteiger partial charge is 0.123 e. The second-order valence-corrected chi connectivity index (χ2v) is 5.86. The molecular weight excluding hydrogens is 333 g/mol. The van der Waals surface area contributed by atoms with E-state index in [0.717, 1.165) is 33.3 Å². The fourth-order valence-electron chi connectivity index (χ4n) is 2.45. The predicted molar refractivity (Wildman–Crippen MR) is 87.3 cm³/mol. The summed E-state index contributed by atoms with van der Waals surface area (Å²) in [5, 5.41) is 3.31. The second-order valence-electron chi connectivity index (χ2n) is 5.00. The summed E-state index contributed by atoms with van der Waals surface area (Å²) in [6, 6.07) is 11.0. The number of ether oxygens (including phenoxy) is 1. The standard InChI is InChI=1S/C17H19BrFNO/c1-11-8-13(19)4-6-15(11)17(20-2)10-12-9-14(21-3)5-7-16(12)18/h4-9,17,20H,10H2,1-3H3. The van der Waals surface area contributed by atoms with E-state index < -0.39 is 0 Å². The van der Waals surface area contributed by atoms with Crippen molar-refractivity contribution in [2.24, 2.45) is 0 Å². The van der Waals surface area contributed by atoms with Crippen LogP contribution in [0.2, 0.25) is 0 Å². The number of nitrogens with one attached hydrogen (secondary N) is 1. The molecule has 1 atom stereocenters. The van der Waals surface area contributed by atoms with Crippen LogP contribution in [0.15, 0.2) is 40.9 Å². The molecule has 2 aromatic rings. The van der Waals surface area contributed by atoms with Crippen molar-refractivity contribution in [3.63, 3.8) is 0 Å². The minimum absolute atomic E-state index is 0.119. The van der Waals surface area contributed by atoms with E-state index in [1.807, 2.05) is 38.2 Å². The molecule has 0 saturated carbocycles. The lowest BCUT2D eigenvalue weighted by Crippen LogP contribution is -2.20. The Morgan fingerprint density at radius 2 is 2.00 bits per heavy atom. The number of likely N-dealkylation sites (N-methyl/N-ethyl adjacent to an activating group) is 1. The molecule has 1 unspecified atom stereocenters. The number of rotatable bonds is 5. The lowest BCUT2D eigenvalue weighted by molar-refractivity contribution is 0.413. The molecule has 0 fully saturated rings. The first-order valence-corrected chi connectivity index (χ1v) is 7.60. The van der Waals surface area contributed by atoms with Gasteiger partial charge in [0.2, 0.25) is 0 Å². The van der Waals surface area contributed by atoms with E-state index in [0.29, 0.717) is 0 Å². The highest BCUT2D eigenvalue weighted by molar-refractivity contribution is 9.10. The average molecular weight is 352 g/mol. The van der Waals surface area contributed by atoms with Crippen LogP contribution in [0.5, 0.6) is 5.75 Å². The van der Waals surface area contributed by atoms with Crippen molar-refractivity contribution in [3.8, 4) is 5.75 Å². The van der Waals surface area contributed by atoms with Crippen molar-refractivity contribution in [3.05, 3.63) is 63.4 Å². The quantitative estimate of drug-likeness (QED) is 0.861. The summed E-state index contributed by atoms with van der Waals surface area (Å²) in [5.41, 5.74) is 3.21. The van der Waals surface area contributed by atoms with Gasteiger partial charge in [0.25, 0.3) is 0 Å². The lowest BCUT2D eigenvalue weighted by atomic mass is 9.95. The zero-order valence-corrected chi connectivity index (χ0v) is 14.0. The van der Waals surface area contributed by atoms with Gasteiger partial charge in [-0.25, -0.2) is 4.39 Å². The minimum atomic E-state index is -0.200. The molecule has 0 amide bonds. The molecule has 0 aliphatic rings. The molecule has 4 heteroatoms. The molecule has 0 aromatic heterocycles. The molecule has 0 saturated heterocycles. The van der Waals surface area contributed by atoms with Gasteiger partial charge in [-0.05, 0) is 67.4 Å². The van der Waals surface area contributed by atoms with Crippen LogP contribution in [0.3, 0.4) is 0 Å². The van der Waals surface area contributed by atoms with Crippen molar-refractivity contribution < 1.29 is 9.13 Å². The minimum Gasteiger partial charge on any atom is -0.497 e. The third-order valence-electron chi connectivity index (χ3n) is 3.63. The molecule has 0 aliphatic carbocycles. The fraction of sp³-hybridized carbons (Fsp3) is 0.294. The number of methoxy groups -OCH3 is 1. The van der Waals surface area contributed by atoms with Crippen LogP contribution in [0.1, 0.15) is 22.7 Å². The van der Waals surface area contributed by atoms with Crippen molar-refractivity contribution in [1.82, 2.24) is 5.32 Å². The van der Waals surface area contributed by atoms with Crippen LogP contribution in [-0.4, -0.2) is 14.2 Å². The fourth-order valence-corrected chi connectivity index (χ4v) is 2.86. The molecule has 0 bridgehead atoms. The monoisotopic (exact) mass is 351 g/mol. The third kappa shape index (κ3) is 3.83. The summed E-state index contributed by atoms with van der Waals surface area (Å²) in [6.45, 7) is 1.93. The van der Waals surface area contributed by atoms with Crippen LogP contribution in [0.25, 0.3) is 0 Å². The van der Waals surface area contributed by atoms with Gasteiger partial charge in [-0.3, -0.25) is 0 Å². The van der Waals surface area contributed by atoms with Gasteiger partial charge in [0.15, 0.2) is 0 Å². The Balaban J connectivity index is 2.30. The Hall–Kier alpha value is -1.39. The highest BCUT2D eigenvalue weighted by Crippen LogP contribution is 2.28. The summed E-state index contributed by atoms with van der Waals surface area (Å²) < 4.78 is 19.6. The molecule has 0 aliphatic heterocycles. The van der Waals surface area contributed by atoms with E-state index in [1.165, 1.54) is 6.07 Å². The van der Waals surface area contributed by atoms with E-state index >= 15 is 0 Å². The molecule has 0 spiro atoms. The highest BCUT2D eigenvalue weighted by Gasteiger charge is 2.15. The van der Waals surface area contributed by atoms with Gasteiger partial charge in [0.1, 0.15) is 11.6 Å². The highest BCUT2D eigenvalue weighted by atomic mass is 79.9. The van der Waals surface area contributed by atoms with E-state index in [9.17, 15) is 4.39 Å². The summed E-state index contributed by atoms with van der Waals surface area (Å²) in [4.78, 5) is 0. The first-order chi connectivity index (χ1) is 10.0. The molecule has 0 radical (unpaired) electrons. The van der Waals surface area contributed by atoms with Crippen molar-refractivity contribution in [2.75, 3.05) is 14.2 Å². The number of hydrogen-bond acceptors (Lipinski definition) is 2. The topological polar surface area (TPSA) is 21.3 Å². The van der Waals surface area contributed by atoms with Crippen LogP contribution in [0, 0.1) is 12.7 Å².